The molecule has 2 aromatic rings. The summed E-state index contributed by atoms with van der Waals surface area (Å²) >= 11 is 3.46. The van der Waals surface area contributed by atoms with Gasteiger partial charge in [0.1, 0.15) is 0 Å². The molecular weight excluding hydrogens is 240 g/mol. The van der Waals surface area contributed by atoms with Crippen molar-refractivity contribution >= 4 is 23.1 Å². The maximum absolute atomic E-state index is 4.05. The molecule has 0 fully saturated rings. The molecule has 0 saturated carbocycles. The predicted molar refractivity (Wildman–Crippen MR) is 66.8 cm³/mol. The highest BCUT2D eigenvalue weighted by Crippen LogP contribution is 2.23. The van der Waals surface area contributed by atoms with Crippen LogP contribution < -0.4 is 0 Å². The van der Waals surface area contributed by atoms with Gasteiger partial charge in [-0.05, 0) is 28.3 Å². The highest BCUT2D eigenvalue weighted by atomic mass is 32.2. The van der Waals surface area contributed by atoms with Gasteiger partial charge in [0.05, 0.1) is 6.54 Å². The monoisotopic (exact) mass is 254 g/mol. The summed E-state index contributed by atoms with van der Waals surface area (Å²) in [5.74, 6) is 0. The van der Waals surface area contributed by atoms with Crippen LogP contribution in [-0.2, 0) is 6.54 Å². The molecule has 2 aromatic heterocycles. The molecule has 0 spiro atoms. The third kappa shape index (κ3) is 2.82. The summed E-state index contributed by atoms with van der Waals surface area (Å²) in [7, 11) is 0. The van der Waals surface area contributed by atoms with Crippen LogP contribution in [0.15, 0.2) is 22.7 Å². The zero-order valence-corrected chi connectivity index (χ0v) is 11.0. The summed E-state index contributed by atoms with van der Waals surface area (Å²) in [6, 6.07) is 4.15. The van der Waals surface area contributed by atoms with Crippen molar-refractivity contribution in [2.24, 2.45) is 0 Å². The van der Waals surface area contributed by atoms with E-state index in [9.17, 15) is 0 Å². The minimum absolute atomic E-state index is 0.549. The number of tetrazole rings is 1. The topological polar surface area (TPSA) is 43.6 Å². The Bertz CT molecular complexity index is 424. The zero-order chi connectivity index (χ0) is 11.4. The van der Waals surface area contributed by atoms with Crippen molar-refractivity contribution in [2.75, 3.05) is 0 Å². The lowest BCUT2D eigenvalue weighted by Crippen LogP contribution is -2.04. The minimum atomic E-state index is 0.549. The first-order valence-corrected chi connectivity index (χ1v) is 7.00. The molecule has 0 radical (unpaired) electrons. The smallest absolute Gasteiger partial charge is 0.209 e. The van der Waals surface area contributed by atoms with E-state index in [4.69, 9.17) is 0 Å². The van der Waals surface area contributed by atoms with Gasteiger partial charge in [0.25, 0.3) is 0 Å². The third-order valence-corrected chi connectivity index (χ3v) is 4.37. The number of rotatable bonds is 5. The second-order valence-corrected chi connectivity index (χ2v) is 5.97. The van der Waals surface area contributed by atoms with Crippen LogP contribution in [0.3, 0.4) is 0 Å². The quantitative estimate of drug-likeness (QED) is 0.769. The lowest BCUT2D eigenvalue weighted by Gasteiger charge is -2.07. The van der Waals surface area contributed by atoms with E-state index >= 15 is 0 Å². The van der Waals surface area contributed by atoms with Gasteiger partial charge in [-0.25, -0.2) is 4.68 Å². The highest BCUT2D eigenvalue weighted by molar-refractivity contribution is 7.99. The van der Waals surface area contributed by atoms with E-state index in [0.717, 1.165) is 18.1 Å². The van der Waals surface area contributed by atoms with Gasteiger partial charge in [-0.3, -0.25) is 0 Å². The molecule has 2 rings (SSSR count). The summed E-state index contributed by atoms with van der Waals surface area (Å²) in [6.07, 6.45) is 1.12. The molecule has 0 amide bonds. The Morgan fingerprint density at radius 1 is 1.56 bits per heavy atom. The summed E-state index contributed by atoms with van der Waals surface area (Å²) in [5.41, 5.74) is 0. The Balaban J connectivity index is 2.07. The van der Waals surface area contributed by atoms with Crippen LogP contribution in [-0.4, -0.2) is 25.5 Å². The first kappa shape index (κ1) is 11.6. The Hall–Kier alpha value is -0.880. The van der Waals surface area contributed by atoms with E-state index in [0.29, 0.717) is 5.25 Å². The molecule has 0 bridgehead atoms. The van der Waals surface area contributed by atoms with Gasteiger partial charge in [0, 0.05) is 10.1 Å². The van der Waals surface area contributed by atoms with Crippen LogP contribution in [0.4, 0.5) is 0 Å². The van der Waals surface area contributed by atoms with Crippen molar-refractivity contribution in [3.05, 3.63) is 22.4 Å². The van der Waals surface area contributed by atoms with Crippen molar-refractivity contribution in [2.45, 2.75) is 37.2 Å². The third-order valence-electron chi connectivity index (χ3n) is 2.27. The van der Waals surface area contributed by atoms with Crippen molar-refractivity contribution in [1.82, 2.24) is 20.2 Å². The van der Waals surface area contributed by atoms with E-state index in [-0.39, 0.29) is 0 Å². The van der Waals surface area contributed by atoms with E-state index in [2.05, 4.69) is 40.8 Å². The second-order valence-electron chi connectivity index (χ2n) is 3.54. The maximum atomic E-state index is 4.05. The molecule has 0 aliphatic heterocycles. The van der Waals surface area contributed by atoms with Crippen LogP contribution in [0.2, 0.25) is 0 Å². The van der Waals surface area contributed by atoms with Gasteiger partial charge < -0.3 is 0 Å². The zero-order valence-electron chi connectivity index (χ0n) is 9.33. The van der Waals surface area contributed by atoms with E-state index in [1.807, 2.05) is 10.7 Å². The normalized spacial score (nSPS) is 12.9. The summed E-state index contributed by atoms with van der Waals surface area (Å²) in [4.78, 5) is 1.28. The van der Waals surface area contributed by atoms with Crippen molar-refractivity contribution < 1.29 is 0 Å². The van der Waals surface area contributed by atoms with Crippen LogP contribution in [0.25, 0.3) is 0 Å². The van der Waals surface area contributed by atoms with Crippen molar-refractivity contribution in [1.29, 1.82) is 0 Å². The van der Waals surface area contributed by atoms with Crippen LogP contribution >= 0.6 is 23.1 Å². The number of hydrogen-bond donors (Lipinski definition) is 0. The molecule has 0 aliphatic rings. The molecule has 16 heavy (non-hydrogen) atoms. The molecule has 1 unspecified atom stereocenters. The standard InChI is InChI=1S/C10H14N4S2/c1-3-8(2)16-10-11-12-13-14(10)7-9-5-4-6-15-9/h4-6,8H,3,7H2,1-2H3. The maximum Gasteiger partial charge on any atom is 0.209 e. The molecule has 0 saturated heterocycles. The van der Waals surface area contributed by atoms with Crippen LogP contribution in [0, 0.1) is 0 Å². The molecule has 4 nitrogen and oxygen atoms in total. The van der Waals surface area contributed by atoms with Gasteiger partial charge in [-0.1, -0.05) is 31.7 Å². The Labute approximate surface area is 103 Å². The SMILES string of the molecule is CCC(C)Sc1nnnn1Cc1cccs1. The van der Waals surface area contributed by atoms with E-state index in [1.54, 1.807) is 23.1 Å². The van der Waals surface area contributed by atoms with Gasteiger partial charge >= 0.3 is 0 Å². The van der Waals surface area contributed by atoms with Gasteiger partial charge in [-0.15, -0.1) is 16.4 Å². The number of thioether (sulfide) groups is 1. The molecule has 0 N–H and O–H groups in total. The van der Waals surface area contributed by atoms with E-state index in [1.165, 1.54) is 4.88 Å². The predicted octanol–water partition coefficient (Wildman–Crippen LogP) is 2.67. The summed E-state index contributed by atoms with van der Waals surface area (Å²) in [5, 5.41) is 15.3. The van der Waals surface area contributed by atoms with Crippen LogP contribution in [0.1, 0.15) is 25.1 Å². The molecule has 0 aliphatic carbocycles. The fourth-order valence-corrected chi connectivity index (χ4v) is 2.71. The Kier molecular flexibility index (Phi) is 3.95. The average molecular weight is 254 g/mol. The van der Waals surface area contributed by atoms with Gasteiger partial charge in [0.15, 0.2) is 0 Å². The average Bonchev–Trinajstić information content (AvgIpc) is 2.92. The number of nitrogens with zero attached hydrogens (tertiary/aromatic N) is 4. The lowest BCUT2D eigenvalue weighted by atomic mass is 10.4. The second kappa shape index (κ2) is 5.45. The molecule has 6 heteroatoms. The molecule has 0 aromatic carbocycles. The first-order chi connectivity index (χ1) is 7.79. The van der Waals surface area contributed by atoms with Gasteiger partial charge in [0.2, 0.25) is 5.16 Å². The van der Waals surface area contributed by atoms with Gasteiger partial charge in [-0.2, -0.15) is 0 Å². The molecule has 2 heterocycles. The van der Waals surface area contributed by atoms with Crippen LogP contribution in [0.5, 0.6) is 0 Å². The number of hydrogen-bond acceptors (Lipinski definition) is 5. The van der Waals surface area contributed by atoms with E-state index < -0.39 is 0 Å². The Morgan fingerprint density at radius 2 is 2.44 bits per heavy atom. The molecule has 86 valence electrons. The first-order valence-electron chi connectivity index (χ1n) is 5.24. The summed E-state index contributed by atoms with van der Waals surface area (Å²) in [6.45, 7) is 5.13. The fraction of sp³-hybridized carbons (Fsp3) is 0.500. The molecule has 1 atom stereocenters. The van der Waals surface area contributed by atoms with Crippen molar-refractivity contribution in [3.8, 4) is 0 Å². The molecular formula is C10H14N4S2. The highest BCUT2D eigenvalue weighted by Gasteiger charge is 2.10. The number of thiophene rings is 1. The number of aromatic nitrogens is 4. The summed E-state index contributed by atoms with van der Waals surface area (Å²) < 4.78 is 1.86. The fourth-order valence-electron chi connectivity index (χ4n) is 1.19. The lowest BCUT2D eigenvalue weighted by molar-refractivity contribution is 0.607. The Morgan fingerprint density at radius 3 is 3.12 bits per heavy atom. The minimum Gasteiger partial charge on any atom is -0.215 e. The van der Waals surface area contributed by atoms with Crippen molar-refractivity contribution in [3.63, 3.8) is 0 Å². The largest absolute Gasteiger partial charge is 0.215 e.